The van der Waals surface area contributed by atoms with Crippen molar-refractivity contribution < 1.29 is 33.3 Å². The maximum absolute atomic E-state index is 14.3. The fourth-order valence-corrected chi connectivity index (χ4v) is 5.69. The minimum Gasteiger partial charge on any atom is -0.493 e. The molecule has 0 radical (unpaired) electrons. The summed E-state index contributed by atoms with van der Waals surface area (Å²) in [6, 6.07) is 3.24. The Morgan fingerprint density at radius 1 is 0.914 bits per heavy atom. The van der Waals surface area contributed by atoms with Crippen LogP contribution in [-0.2, 0) is 19.1 Å². The zero-order valence-corrected chi connectivity index (χ0v) is 21.3. The molecule has 2 fully saturated rings. The monoisotopic (exact) mass is 489 g/mol. The molecule has 1 aromatic rings. The van der Waals surface area contributed by atoms with Crippen molar-refractivity contribution in [2.75, 3.05) is 40.6 Å². The van der Waals surface area contributed by atoms with Crippen LogP contribution in [0.5, 0.6) is 17.2 Å². The smallest absolute Gasteiger partial charge is 0.329 e. The van der Waals surface area contributed by atoms with Crippen LogP contribution in [0.3, 0.4) is 0 Å². The molecule has 8 nitrogen and oxygen atoms in total. The van der Waals surface area contributed by atoms with E-state index in [9.17, 15) is 9.59 Å². The van der Waals surface area contributed by atoms with E-state index < -0.39 is 12.1 Å². The molecule has 35 heavy (non-hydrogen) atoms. The number of nitrogens with zero attached hydrogens (tertiary/aromatic N) is 1. The number of hydrogen-bond donors (Lipinski definition) is 0. The molecule has 4 aliphatic rings. The van der Waals surface area contributed by atoms with Crippen LogP contribution in [0.25, 0.3) is 0 Å². The predicted octanol–water partition coefficient (Wildman–Crippen LogP) is 4.09. The van der Waals surface area contributed by atoms with Gasteiger partial charge in [-0.1, -0.05) is 19.3 Å². The standard InChI is InChI=1S/C27H39NO7/c1-18-17-33-13-14-34-25-22(31-2)15-20(16-23(25)32-3)24(19-9-5-4-6-10-19)26(29)28-12-8-7-11-21(28)27(30)35-18/h15-16,18-19,21,24H,4-14,17H2,1-3H3/t18-,21-,24-/m0/s1. The fourth-order valence-electron chi connectivity index (χ4n) is 5.69. The number of esters is 1. The number of rotatable bonds is 3. The van der Waals surface area contributed by atoms with Gasteiger partial charge in [-0.2, -0.15) is 0 Å². The van der Waals surface area contributed by atoms with Gasteiger partial charge in [0.25, 0.3) is 0 Å². The van der Waals surface area contributed by atoms with Crippen molar-refractivity contribution in [3.05, 3.63) is 17.7 Å². The zero-order chi connectivity index (χ0) is 24.8. The third kappa shape index (κ3) is 5.85. The van der Waals surface area contributed by atoms with Crippen LogP contribution in [0.2, 0.25) is 0 Å². The predicted molar refractivity (Wildman–Crippen MR) is 130 cm³/mol. The molecular formula is C27H39NO7. The van der Waals surface area contributed by atoms with Gasteiger partial charge in [-0.3, -0.25) is 4.79 Å². The van der Waals surface area contributed by atoms with Crippen LogP contribution in [0.1, 0.15) is 69.8 Å². The number of amides is 1. The van der Waals surface area contributed by atoms with E-state index in [1.54, 1.807) is 19.1 Å². The van der Waals surface area contributed by atoms with Gasteiger partial charge in [0.1, 0.15) is 18.8 Å². The van der Waals surface area contributed by atoms with E-state index in [0.717, 1.165) is 44.1 Å². The molecule has 3 atom stereocenters. The van der Waals surface area contributed by atoms with Crippen LogP contribution in [0.15, 0.2) is 12.1 Å². The number of fused-ring (bicyclic) bond motifs is 10. The number of carbonyl (C=O) groups is 2. The Morgan fingerprint density at radius 2 is 1.60 bits per heavy atom. The second-order valence-electron chi connectivity index (χ2n) is 9.84. The van der Waals surface area contributed by atoms with E-state index in [1.807, 2.05) is 19.1 Å². The van der Waals surface area contributed by atoms with Gasteiger partial charge in [-0.25, -0.2) is 4.79 Å². The number of piperidine rings is 1. The molecule has 0 N–H and O–H groups in total. The molecule has 1 saturated heterocycles. The average Bonchev–Trinajstić information content (AvgIpc) is 2.88. The minimum atomic E-state index is -0.566. The summed E-state index contributed by atoms with van der Waals surface area (Å²) < 4.78 is 28.7. The lowest BCUT2D eigenvalue weighted by Crippen LogP contribution is -2.51. The van der Waals surface area contributed by atoms with Crippen molar-refractivity contribution in [2.45, 2.75) is 76.4 Å². The molecule has 1 aromatic carbocycles. The molecular weight excluding hydrogens is 450 g/mol. The number of benzene rings is 1. The van der Waals surface area contributed by atoms with E-state index >= 15 is 0 Å². The maximum Gasteiger partial charge on any atom is 0.329 e. The summed E-state index contributed by atoms with van der Waals surface area (Å²) in [5.41, 5.74) is 0.845. The van der Waals surface area contributed by atoms with Gasteiger partial charge >= 0.3 is 5.97 Å². The lowest BCUT2D eigenvalue weighted by Gasteiger charge is -2.39. The fraction of sp³-hybridized carbons (Fsp3) is 0.704. The Kier molecular flexibility index (Phi) is 8.76. The molecule has 0 unspecified atom stereocenters. The molecule has 5 rings (SSSR count). The van der Waals surface area contributed by atoms with Crippen LogP contribution in [0.4, 0.5) is 0 Å². The first-order valence-corrected chi connectivity index (χ1v) is 13.0. The molecule has 3 heterocycles. The van der Waals surface area contributed by atoms with Crippen LogP contribution in [-0.4, -0.2) is 69.5 Å². The van der Waals surface area contributed by atoms with Crippen LogP contribution < -0.4 is 14.2 Å². The van der Waals surface area contributed by atoms with Gasteiger partial charge in [-0.05, 0) is 62.6 Å². The Hall–Kier alpha value is -2.48. The lowest BCUT2D eigenvalue weighted by atomic mass is 9.75. The highest BCUT2D eigenvalue weighted by Crippen LogP contribution is 2.45. The Balaban J connectivity index is 1.79. The molecule has 0 aromatic heterocycles. The van der Waals surface area contributed by atoms with Crippen molar-refractivity contribution in [1.82, 2.24) is 4.90 Å². The molecule has 194 valence electrons. The second kappa shape index (κ2) is 12.0. The second-order valence-corrected chi connectivity index (χ2v) is 9.84. The first-order valence-electron chi connectivity index (χ1n) is 13.0. The highest BCUT2D eigenvalue weighted by Gasteiger charge is 2.41. The third-order valence-electron chi connectivity index (χ3n) is 7.43. The minimum absolute atomic E-state index is 0.00711. The van der Waals surface area contributed by atoms with Gasteiger partial charge in [0.2, 0.25) is 11.7 Å². The molecule has 1 saturated carbocycles. The number of ether oxygens (including phenoxy) is 5. The summed E-state index contributed by atoms with van der Waals surface area (Å²) in [4.78, 5) is 29.2. The Labute approximate surface area is 208 Å². The topological polar surface area (TPSA) is 83.5 Å². The van der Waals surface area contributed by atoms with Gasteiger partial charge < -0.3 is 28.6 Å². The number of methoxy groups -OCH3 is 2. The first kappa shape index (κ1) is 25.6. The normalized spacial score (nSPS) is 27.1. The SMILES string of the molecule is COc1cc2cc(OC)c1OCCOC[C@H](C)OC(=O)[C@@H]1CCCCN1C(=O)[C@H]2C1CCCCC1. The highest BCUT2D eigenvalue weighted by atomic mass is 16.6. The Bertz CT molecular complexity index is 857. The molecule has 1 amide bonds. The third-order valence-corrected chi connectivity index (χ3v) is 7.43. The summed E-state index contributed by atoms with van der Waals surface area (Å²) in [6.07, 6.45) is 7.35. The molecule has 3 aliphatic heterocycles. The van der Waals surface area contributed by atoms with Gasteiger partial charge in [0.15, 0.2) is 11.5 Å². The van der Waals surface area contributed by atoms with Crippen molar-refractivity contribution >= 4 is 11.9 Å². The van der Waals surface area contributed by atoms with Gasteiger partial charge in [0, 0.05) is 6.54 Å². The summed E-state index contributed by atoms with van der Waals surface area (Å²) in [7, 11) is 3.19. The molecule has 8 heteroatoms. The largest absolute Gasteiger partial charge is 0.493 e. The number of carbonyl (C=O) groups excluding carboxylic acids is 2. The van der Waals surface area contributed by atoms with Crippen molar-refractivity contribution in [2.24, 2.45) is 5.92 Å². The van der Waals surface area contributed by atoms with Crippen molar-refractivity contribution in [3.63, 3.8) is 0 Å². The molecule has 1 aliphatic carbocycles. The van der Waals surface area contributed by atoms with Gasteiger partial charge in [-0.15, -0.1) is 0 Å². The maximum atomic E-state index is 14.3. The summed E-state index contributed by atoms with van der Waals surface area (Å²) in [6.45, 7) is 3.24. The molecule has 2 bridgehead atoms. The van der Waals surface area contributed by atoms with E-state index in [4.69, 9.17) is 23.7 Å². The number of hydrogen-bond acceptors (Lipinski definition) is 7. The first-order chi connectivity index (χ1) is 17.0. The van der Waals surface area contributed by atoms with Crippen LogP contribution >= 0.6 is 0 Å². The zero-order valence-electron chi connectivity index (χ0n) is 21.3. The summed E-state index contributed by atoms with van der Waals surface area (Å²) >= 11 is 0. The van der Waals surface area contributed by atoms with E-state index in [1.165, 1.54) is 6.42 Å². The van der Waals surface area contributed by atoms with E-state index in [-0.39, 0.29) is 36.9 Å². The van der Waals surface area contributed by atoms with Gasteiger partial charge in [0.05, 0.1) is 33.4 Å². The summed E-state index contributed by atoms with van der Waals surface area (Å²) in [5, 5.41) is 0. The lowest BCUT2D eigenvalue weighted by molar-refractivity contribution is -0.164. The summed E-state index contributed by atoms with van der Waals surface area (Å²) in [5.74, 6) is 1.03. The van der Waals surface area contributed by atoms with E-state index in [0.29, 0.717) is 36.8 Å². The quantitative estimate of drug-likeness (QED) is 0.467. The van der Waals surface area contributed by atoms with Crippen molar-refractivity contribution in [1.29, 1.82) is 0 Å². The Morgan fingerprint density at radius 3 is 2.29 bits per heavy atom. The van der Waals surface area contributed by atoms with E-state index in [2.05, 4.69) is 0 Å². The highest BCUT2D eigenvalue weighted by molar-refractivity contribution is 5.89. The average molecular weight is 490 g/mol. The molecule has 0 spiro atoms. The van der Waals surface area contributed by atoms with Crippen LogP contribution in [0, 0.1) is 5.92 Å². The van der Waals surface area contributed by atoms with Crippen molar-refractivity contribution in [3.8, 4) is 17.2 Å².